The number of nitrogens with two attached hydrogens (primary N) is 1. The maximum Gasteiger partial charge on any atom is 0.354 e. The van der Waals surface area contributed by atoms with Gasteiger partial charge < -0.3 is 15.4 Å². The van der Waals surface area contributed by atoms with Gasteiger partial charge >= 0.3 is 5.97 Å². The number of amides is 1. The zero-order valence-electron chi connectivity index (χ0n) is 9.68. The van der Waals surface area contributed by atoms with Crippen molar-refractivity contribution in [3.63, 3.8) is 0 Å². The fourth-order valence-electron chi connectivity index (χ4n) is 1.67. The van der Waals surface area contributed by atoms with Crippen LogP contribution in [0.25, 0.3) is 0 Å². The first-order valence-electron chi connectivity index (χ1n) is 5.34. The first-order chi connectivity index (χ1) is 9.04. The summed E-state index contributed by atoms with van der Waals surface area (Å²) in [5.74, 6) is -1.89. The molecule has 0 saturated carbocycles. The van der Waals surface area contributed by atoms with Crippen molar-refractivity contribution in [2.75, 3.05) is 0 Å². The molecule has 4 N–H and O–H groups in total. The number of carboxylic acids is 1. The zero-order chi connectivity index (χ0) is 14.0. The van der Waals surface area contributed by atoms with Crippen LogP contribution >= 0.6 is 12.0 Å². The number of allylic oxidation sites excluding steroid dienone is 4. The van der Waals surface area contributed by atoms with Crippen LogP contribution < -0.4 is 5.73 Å². The summed E-state index contributed by atoms with van der Waals surface area (Å²) in [7, 11) is 0. The van der Waals surface area contributed by atoms with E-state index >= 15 is 0 Å². The molecule has 1 heterocycles. The Hall–Kier alpha value is -1.90. The van der Waals surface area contributed by atoms with E-state index in [2.05, 4.69) is 5.10 Å². The molecule has 2 rings (SSSR count). The van der Waals surface area contributed by atoms with Crippen molar-refractivity contribution in [3.8, 4) is 0 Å². The van der Waals surface area contributed by atoms with Crippen LogP contribution in [0.3, 0.4) is 0 Å². The van der Waals surface area contributed by atoms with Gasteiger partial charge in [-0.05, 0) is 18.2 Å². The average molecular weight is 281 g/mol. The molecule has 7 nitrogen and oxygen atoms in total. The van der Waals surface area contributed by atoms with Crippen molar-refractivity contribution in [2.45, 2.75) is 12.5 Å². The molecule has 19 heavy (non-hydrogen) atoms. The van der Waals surface area contributed by atoms with Crippen LogP contribution in [0, 0.1) is 0 Å². The number of hydrazone groups is 1. The summed E-state index contributed by atoms with van der Waals surface area (Å²) in [6.07, 6.45) is 7.01. The lowest BCUT2D eigenvalue weighted by atomic mass is 10.2. The molecular formula is C11H11N3O4S. The number of carboxylic acid groups (broad SMARTS) is 1. The Bertz CT molecular complexity index is 550. The highest BCUT2D eigenvalue weighted by Crippen LogP contribution is 2.23. The van der Waals surface area contributed by atoms with E-state index in [1.807, 2.05) is 0 Å². The van der Waals surface area contributed by atoms with Gasteiger partial charge in [-0.15, -0.1) is 0 Å². The highest BCUT2D eigenvalue weighted by atomic mass is 32.2. The predicted molar refractivity (Wildman–Crippen MR) is 70.0 cm³/mol. The zero-order valence-corrected chi connectivity index (χ0v) is 10.5. The first-order valence-corrected chi connectivity index (χ1v) is 6.12. The van der Waals surface area contributed by atoms with Crippen LogP contribution in [0.15, 0.2) is 40.0 Å². The second-order valence-electron chi connectivity index (χ2n) is 3.84. The van der Waals surface area contributed by atoms with Crippen molar-refractivity contribution < 1.29 is 19.2 Å². The predicted octanol–water partition coefficient (Wildman–Crippen LogP) is 0.530. The van der Waals surface area contributed by atoms with Gasteiger partial charge in [0.1, 0.15) is 6.04 Å². The summed E-state index contributed by atoms with van der Waals surface area (Å²) in [5, 5.41) is 13.6. The van der Waals surface area contributed by atoms with E-state index in [1.54, 1.807) is 24.3 Å². The molecule has 1 aliphatic heterocycles. The van der Waals surface area contributed by atoms with Crippen molar-refractivity contribution in [1.29, 1.82) is 0 Å². The Morgan fingerprint density at radius 1 is 1.53 bits per heavy atom. The molecule has 1 atom stereocenters. The number of carbonyl (C=O) groups excluding carboxylic acids is 1. The minimum Gasteiger partial charge on any atom is -0.477 e. The summed E-state index contributed by atoms with van der Waals surface area (Å²) >= 11 is 0.582. The molecule has 1 aliphatic carbocycles. The SMILES string of the molecule is NC1C(=O)N(C2=CC=C(SO)C=CC2)N=C1C(=O)O. The standard InChI is InChI=1S/C11H11N3O4S/c12-8-9(11(16)17)13-14(10(8)15)6-2-1-3-7(19-18)5-4-6/h1,3-5,8,18H,2,12H2,(H,16,17). The highest BCUT2D eigenvalue weighted by molar-refractivity contribution is 7.97. The number of carbonyl (C=O) groups is 2. The molecule has 1 unspecified atom stereocenters. The van der Waals surface area contributed by atoms with Gasteiger partial charge in [0, 0.05) is 29.1 Å². The Balaban J connectivity index is 2.31. The van der Waals surface area contributed by atoms with E-state index in [0.717, 1.165) is 5.01 Å². The van der Waals surface area contributed by atoms with E-state index in [4.69, 9.17) is 15.4 Å². The van der Waals surface area contributed by atoms with Crippen LogP contribution in [0.1, 0.15) is 6.42 Å². The van der Waals surface area contributed by atoms with Gasteiger partial charge in [-0.25, -0.2) is 9.80 Å². The summed E-state index contributed by atoms with van der Waals surface area (Å²) in [5.41, 5.74) is 5.63. The average Bonchev–Trinajstić information content (AvgIpc) is 2.58. The van der Waals surface area contributed by atoms with Crippen molar-refractivity contribution in [2.24, 2.45) is 10.8 Å². The Labute approximate surface area is 113 Å². The number of rotatable bonds is 3. The van der Waals surface area contributed by atoms with Gasteiger partial charge in [-0.1, -0.05) is 6.08 Å². The van der Waals surface area contributed by atoms with Crippen LogP contribution in [-0.4, -0.2) is 38.3 Å². The van der Waals surface area contributed by atoms with Gasteiger partial charge in [0.25, 0.3) is 5.91 Å². The van der Waals surface area contributed by atoms with Crippen LogP contribution in [0.5, 0.6) is 0 Å². The Morgan fingerprint density at radius 3 is 2.84 bits per heavy atom. The van der Waals surface area contributed by atoms with Crippen molar-refractivity contribution >= 4 is 29.6 Å². The third-order valence-electron chi connectivity index (χ3n) is 2.62. The lowest BCUT2D eigenvalue weighted by molar-refractivity contribution is -0.131. The molecule has 0 bridgehead atoms. The second kappa shape index (κ2) is 5.39. The smallest absolute Gasteiger partial charge is 0.354 e. The van der Waals surface area contributed by atoms with Gasteiger partial charge in [-0.3, -0.25) is 4.79 Å². The Kier molecular flexibility index (Phi) is 3.84. The first kappa shape index (κ1) is 13.5. The molecule has 0 radical (unpaired) electrons. The van der Waals surface area contributed by atoms with E-state index in [-0.39, 0.29) is 5.71 Å². The number of nitrogens with zero attached hydrogens (tertiary/aromatic N) is 2. The molecule has 8 heteroatoms. The minimum atomic E-state index is -1.31. The summed E-state index contributed by atoms with van der Waals surface area (Å²) in [6, 6.07) is -1.25. The van der Waals surface area contributed by atoms with Crippen molar-refractivity contribution in [3.05, 3.63) is 34.9 Å². The number of aliphatic carboxylic acids is 1. The summed E-state index contributed by atoms with van der Waals surface area (Å²) in [6.45, 7) is 0. The molecule has 0 spiro atoms. The second-order valence-corrected chi connectivity index (χ2v) is 4.50. The summed E-state index contributed by atoms with van der Waals surface area (Å²) < 4.78 is 8.94. The van der Waals surface area contributed by atoms with E-state index < -0.39 is 17.9 Å². The van der Waals surface area contributed by atoms with Crippen LogP contribution in [0.2, 0.25) is 0 Å². The fourth-order valence-corrected chi connectivity index (χ4v) is 1.95. The van der Waals surface area contributed by atoms with Crippen molar-refractivity contribution in [1.82, 2.24) is 5.01 Å². The minimum absolute atomic E-state index is 0.375. The molecule has 0 aromatic carbocycles. The molecule has 0 fully saturated rings. The van der Waals surface area contributed by atoms with E-state index in [0.29, 0.717) is 29.1 Å². The van der Waals surface area contributed by atoms with Crippen LogP contribution in [-0.2, 0) is 9.59 Å². The van der Waals surface area contributed by atoms with Gasteiger partial charge in [0.15, 0.2) is 5.71 Å². The summed E-state index contributed by atoms with van der Waals surface area (Å²) in [4.78, 5) is 23.4. The third kappa shape index (κ3) is 2.60. The molecule has 0 aromatic rings. The molecule has 2 aliphatic rings. The molecular weight excluding hydrogens is 270 g/mol. The number of hydrogen-bond acceptors (Lipinski definition) is 6. The number of hydrogen-bond donors (Lipinski definition) is 3. The molecule has 100 valence electrons. The van der Waals surface area contributed by atoms with Gasteiger partial charge in [-0.2, -0.15) is 5.10 Å². The van der Waals surface area contributed by atoms with Gasteiger partial charge in [0.2, 0.25) is 0 Å². The van der Waals surface area contributed by atoms with Gasteiger partial charge in [0.05, 0.1) is 0 Å². The lowest BCUT2D eigenvalue weighted by Gasteiger charge is -2.14. The maximum absolute atomic E-state index is 11.9. The quantitative estimate of drug-likeness (QED) is 0.650. The highest BCUT2D eigenvalue weighted by Gasteiger charge is 2.38. The normalized spacial score (nSPS) is 22.8. The third-order valence-corrected chi connectivity index (χ3v) is 3.11. The van der Waals surface area contributed by atoms with E-state index in [9.17, 15) is 9.59 Å². The van der Waals surface area contributed by atoms with E-state index in [1.165, 1.54) is 0 Å². The lowest BCUT2D eigenvalue weighted by Crippen LogP contribution is -2.41. The molecule has 0 aromatic heterocycles. The maximum atomic E-state index is 11.9. The monoisotopic (exact) mass is 281 g/mol. The molecule has 1 amide bonds. The largest absolute Gasteiger partial charge is 0.477 e. The topological polar surface area (TPSA) is 116 Å². The fraction of sp³-hybridized carbons (Fsp3) is 0.182. The Morgan fingerprint density at radius 2 is 2.26 bits per heavy atom. The van der Waals surface area contributed by atoms with Crippen LogP contribution in [0.4, 0.5) is 0 Å². The molecule has 0 saturated heterocycles.